The van der Waals surface area contributed by atoms with Crippen molar-refractivity contribution in [3.05, 3.63) is 35.9 Å². The summed E-state index contributed by atoms with van der Waals surface area (Å²) >= 11 is 0. The van der Waals surface area contributed by atoms with Gasteiger partial charge in [-0.3, -0.25) is 9.69 Å². The summed E-state index contributed by atoms with van der Waals surface area (Å²) in [5, 5.41) is 10.2. The summed E-state index contributed by atoms with van der Waals surface area (Å²) in [5.74, 6) is 0.439. The molecule has 0 radical (unpaired) electrons. The average Bonchev–Trinajstić information content (AvgIpc) is 2.53. The van der Waals surface area contributed by atoms with Crippen molar-refractivity contribution >= 4 is 5.91 Å². The molecular weight excluding hydrogens is 276 g/mol. The van der Waals surface area contributed by atoms with E-state index in [4.69, 9.17) is 0 Å². The molecule has 1 aliphatic rings. The lowest BCUT2D eigenvalue weighted by Crippen LogP contribution is -2.49. The smallest absolute Gasteiger partial charge is 0.244 e. The molecular formula is C18H28N2O2. The van der Waals surface area contributed by atoms with Crippen molar-refractivity contribution in [1.29, 1.82) is 0 Å². The molecule has 1 saturated heterocycles. The number of nitrogens with zero attached hydrogens (tertiary/aromatic N) is 2. The van der Waals surface area contributed by atoms with Crippen LogP contribution in [0.3, 0.4) is 0 Å². The predicted molar refractivity (Wildman–Crippen MR) is 88.5 cm³/mol. The monoisotopic (exact) mass is 304 g/mol. The van der Waals surface area contributed by atoms with Crippen LogP contribution in [0.25, 0.3) is 0 Å². The standard InChI is InChI=1S/C18H28N2O2/c1-4-19(5-2)18(22)17(15-9-7-6-8-10-15)20-12-11-14(3)16(21)13-20/h6-10,14,16-17,21H,4-5,11-13H2,1-3H3. The molecule has 22 heavy (non-hydrogen) atoms. The molecule has 3 atom stereocenters. The highest BCUT2D eigenvalue weighted by atomic mass is 16.3. The fourth-order valence-electron chi connectivity index (χ4n) is 3.16. The third-order valence-electron chi connectivity index (χ3n) is 4.74. The second kappa shape index (κ2) is 7.75. The van der Waals surface area contributed by atoms with Gasteiger partial charge in [-0.1, -0.05) is 37.3 Å². The van der Waals surface area contributed by atoms with Gasteiger partial charge in [-0.05, 0) is 38.3 Å². The Morgan fingerprint density at radius 1 is 1.32 bits per heavy atom. The topological polar surface area (TPSA) is 43.8 Å². The van der Waals surface area contributed by atoms with Crippen LogP contribution in [0.2, 0.25) is 0 Å². The van der Waals surface area contributed by atoms with Crippen molar-refractivity contribution in [3.8, 4) is 0 Å². The lowest BCUT2D eigenvalue weighted by molar-refractivity contribution is -0.138. The first-order chi connectivity index (χ1) is 10.6. The summed E-state index contributed by atoms with van der Waals surface area (Å²) in [6, 6.07) is 9.65. The molecule has 0 spiro atoms. The maximum absolute atomic E-state index is 13.0. The van der Waals surface area contributed by atoms with Gasteiger partial charge in [0.1, 0.15) is 6.04 Å². The van der Waals surface area contributed by atoms with Crippen LogP contribution >= 0.6 is 0 Å². The van der Waals surface area contributed by atoms with Crippen LogP contribution < -0.4 is 0 Å². The Balaban J connectivity index is 2.28. The normalized spacial score (nSPS) is 24.0. The van der Waals surface area contributed by atoms with Gasteiger partial charge in [-0.25, -0.2) is 0 Å². The highest BCUT2D eigenvalue weighted by Gasteiger charge is 2.35. The Morgan fingerprint density at radius 3 is 2.50 bits per heavy atom. The number of aliphatic hydroxyl groups is 1. The van der Waals surface area contributed by atoms with E-state index in [-0.39, 0.29) is 18.1 Å². The second-order valence-corrected chi connectivity index (χ2v) is 6.15. The third-order valence-corrected chi connectivity index (χ3v) is 4.74. The SMILES string of the molecule is CCN(CC)C(=O)C(c1ccccc1)N1CCC(C)C(O)C1. The number of hydrogen-bond acceptors (Lipinski definition) is 3. The van der Waals surface area contributed by atoms with Gasteiger partial charge in [0.2, 0.25) is 5.91 Å². The van der Waals surface area contributed by atoms with E-state index in [2.05, 4.69) is 11.8 Å². The first kappa shape index (κ1) is 17.0. The molecule has 1 aliphatic heterocycles. The van der Waals surface area contributed by atoms with Gasteiger partial charge in [-0.15, -0.1) is 0 Å². The molecule has 0 aliphatic carbocycles. The van der Waals surface area contributed by atoms with Gasteiger partial charge in [0, 0.05) is 19.6 Å². The molecule has 4 nitrogen and oxygen atoms in total. The minimum atomic E-state index is -0.357. The zero-order valence-electron chi connectivity index (χ0n) is 13.9. The van der Waals surface area contributed by atoms with E-state index >= 15 is 0 Å². The van der Waals surface area contributed by atoms with Crippen LogP contribution in [-0.2, 0) is 4.79 Å². The molecule has 1 heterocycles. The summed E-state index contributed by atoms with van der Waals surface area (Å²) < 4.78 is 0. The first-order valence-corrected chi connectivity index (χ1v) is 8.34. The number of hydrogen-bond donors (Lipinski definition) is 1. The highest BCUT2D eigenvalue weighted by molar-refractivity contribution is 5.83. The van der Waals surface area contributed by atoms with E-state index in [0.29, 0.717) is 25.6 Å². The van der Waals surface area contributed by atoms with Crippen LogP contribution in [0.4, 0.5) is 0 Å². The minimum absolute atomic E-state index is 0.137. The van der Waals surface area contributed by atoms with Crippen LogP contribution in [0.1, 0.15) is 38.8 Å². The molecule has 1 aromatic rings. The van der Waals surface area contributed by atoms with Crippen LogP contribution in [0.15, 0.2) is 30.3 Å². The number of rotatable bonds is 5. The number of benzene rings is 1. The van der Waals surface area contributed by atoms with Crippen LogP contribution in [-0.4, -0.2) is 53.1 Å². The van der Waals surface area contributed by atoms with Gasteiger partial charge >= 0.3 is 0 Å². The largest absolute Gasteiger partial charge is 0.392 e. The van der Waals surface area contributed by atoms with E-state index in [9.17, 15) is 9.90 Å². The molecule has 0 saturated carbocycles. The van der Waals surface area contributed by atoms with Crippen molar-refractivity contribution in [1.82, 2.24) is 9.80 Å². The van der Waals surface area contributed by atoms with Crippen molar-refractivity contribution in [2.45, 2.75) is 39.3 Å². The number of aliphatic hydroxyl groups excluding tert-OH is 1. The summed E-state index contributed by atoms with van der Waals surface area (Å²) in [4.78, 5) is 17.0. The Labute approximate surface area is 133 Å². The van der Waals surface area contributed by atoms with Crippen molar-refractivity contribution in [2.75, 3.05) is 26.2 Å². The maximum atomic E-state index is 13.0. The number of piperidine rings is 1. The summed E-state index contributed by atoms with van der Waals surface area (Å²) in [6.07, 6.45) is 0.570. The van der Waals surface area contributed by atoms with Gasteiger partial charge in [0.15, 0.2) is 0 Å². The summed E-state index contributed by atoms with van der Waals surface area (Å²) in [7, 11) is 0. The zero-order valence-corrected chi connectivity index (χ0v) is 13.9. The Hall–Kier alpha value is -1.39. The summed E-state index contributed by atoms with van der Waals surface area (Å²) in [5.41, 5.74) is 1.01. The molecule has 4 heteroatoms. The Kier molecular flexibility index (Phi) is 5.98. The number of amides is 1. The molecule has 122 valence electrons. The lowest BCUT2D eigenvalue weighted by Gasteiger charge is -2.40. The number of likely N-dealkylation sites (tertiary alicyclic amines) is 1. The van der Waals surface area contributed by atoms with E-state index in [1.807, 2.05) is 49.1 Å². The fourth-order valence-corrected chi connectivity index (χ4v) is 3.16. The molecule has 1 fully saturated rings. The van der Waals surface area contributed by atoms with E-state index < -0.39 is 0 Å². The third kappa shape index (κ3) is 3.68. The molecule has 0 aromatic heterocycles. The molecule has 1 amide bonds. The fraction of sp³-hybridized carbons (Fsp3) is 0.611. The quantitative estimate of drug-likeness (QED) is 0.908. The van der Waals surface area contributed by atoms with E-state index in [1.165, 1.54) is 0 Å². The number of carbonyl (C=O) groups is 1. The van der Waals surface area contributed by atoms with E-state index in [0.717, 1.165) is 18.5 Å². The molecule has 1 N–H and O–H groups in total. The lowest BCUT2D eigenvalue weighted by atomic mass is 9.93. The van der Waals surface area contributed by atoms with Crippen molar-refractivity contribution in [3.63, 3.8) is 0 Å². The predicted octanol–water partition coefficient (Wildman–Crippen LogP) is 2.30. The number of likely N-dealkylation sites (N-methyl/N-ethyl adjacent to an activating group) is 1. The molecule has 1 aromatic carbocycles. The van der Waals surface area contributed by atoms with Crippen LogP contribution in [0.5, 0.6) is 0 Å². The molecule has 3 unspecified atom stereocenters. The number of carbonyl (C=O) groups excluding carboxylic acids is 1. The van der Waals surface area contributed by atoms with Gasteiger partial charge in [0.25, 0.3) is 0 Å². The second-order valence-electron chi connectivity index (χ2n) is 6.15. The van der Waals surface area contributed by atoms with Gasteiger partial charge in [0.05, 0.1) is 6.10 Å². The van der Waals surface area contributed by atoms with Crippen molar-refractivity contribution < 1.29 is 9.90 Å². The Bertz CT molecular complexity index is 473. The first-order valence-electron chi connectivity index (χ1n) is 8.34. The molecule has 2 rings (SSSR count). The zero-order chi connectivity index (χ0) is 16.1. The van der Waals surface area contributed by atoms with E-state index in [1.54, 1.807) is 0 Å². The average molecular weight is 304 g/mol. The minimum Gasteiger partial charge on any atom is -0.392 e. The highest BCUT2D eigenvalue weighted by Crippen LogP contribution is 2.28. The summed E-state index contributed by atoms with van der Waals surface area (Å²) in [6.45, 7) is 8.94. The maximum Gasteiger partial charge on any atom is 0.244 e. The Morgan fingerprint density at radius 2 is 1.95 bits per heavy atom. The van der Waals surface area contributed by atoms with Crippen LogP contribution in [0, 0.1) is 5.92 Å². The number of β-amino-alcohol motifs (C(OH)–C–C–N with tert-alkyl or cyclic N) is 1. The molecule has 0 bridgehead atoms. The van der Waals surface area contributed by atoms with Gasteiger partial charge < -0.3 is 10.0 Å². The van der Waals surface area contributed by atoms with Gasteiger partial charge in [-0.2, -0.15) is 0 Å². The van der Waals surface area contributed by atoms with Crippen molar-refractivity contribution in [2.24, 2.45) is 5.92 Å².